The van der Waals surface area contributed by atoms with E-state index in [4.69, 9.17) is 14.2 Å². The lowest BCUT2D eigenvalue weighted by Crippen LogP contribution is -2.30. The Morgan fingerprint density at radius 2 is 0.721 bits per heavy atom. The van der Waals surface area contributed by atoms with E-state index in [1.165, 1.54) is 122 Å². The van der Waals surface area contributed by atoms with E-state index in [-0.39, 0.29) is 25.2 Å². The number of carbonyl (C=O) groups excluding carboxylic acids is 2. The van der Waals surface area contributed by atoms with Crippen molar-refractivity contribution in [2.45, 2.75) is 258 Å². The highest BCUT2D eigenvalue weighted by Gasteiger charge is 2.17. The SMILES string of the molecule is CC/C=C\C/C=C\C/C=C\C/C=C\C/C=C\C/C=C\CCC(=O)OCC(COCCCCCCCCCCCC/C=C\CCCCCCCC)OC(=O)CCCCCCC/C=C\C/C=C\CCC. The summed E-state index contributed by atoms with van der Waals surface area (Å²) < 4.78 is 17.4. The van der Waals surface area contributed by atoms with Gasteiger partial charge in [0, 0.05) is 19.4 Å². The van der Waals surface area contributed by atoms with E-state index in [9.17, 15) is 9.59 Å². The van der Waals surface area contributed by atoms with Crippen LogP contribution in [0.15, 0.2) is 109 Å². The van der Waals surface area contributed by atoms with Crippen LogP contribution >= 0.6 is 0 Å². The van der Waals surface area contributed by atoms with E-state index in [1.807, 2.05) is 6.08 Å². The van der Waals surface area contributed by atoms with Gasteiger partial charge in [0.25, 0.3) is 0 Å². The van der Waals surface area contributed by atoms with Gasteiger partial charge in [-0.05, 0) is 109 Å². The minimum absolute atomic E-state index is 0.0339. The van der Waals surface area contributed by atoms with Gasteiger partial charge in [-0.1, -0.05) is 239 Å². The molecule has 0 aromatic rings. The second-order valence-corrected chi connectivity index (χ2v) is 18.4. The molecular formula is C63H106O5. The standard InChI is InChI=1S/C63H106O5/c1-4-7-10-13-16-19-22-25-27-29-31-33-35-37-40-43-46-49-52-55-58-66-59-61(68-63(65)57-54-51-48-45-42-38-24-21-18-15-12-9-6-3)60-67-62(64)56-53-50-47-44-41-39-36-34-32-30-28-26-23-20-17-14-11-8-5-2/h8,11-12,15,17,20-21,24-28,32,34,39,41,47,50,61H,4-7,9-10,13-14,16,18-19,22-23,29-31,33,35-38,40,42-46,48-49,51-60H2,1-3H3/b11-8-,15-12-,20-17-,24-21-,27-25-,28-26-,34-32-,41-39-,50-47-. The average Bonchev–Trinajstić information content (AvgIpc) is 3.34. The first-order valence-electron chi connectivity index (χ1n) is 28.4. The Labute approximate surface area is 421 Å². The zero-order valence-electron chi connectivity index (χ0n) is 44.6. The number of unbranched alkanes of at least 4 members (excludes halogenated alkanes) is 22. The van der Waals surface area contributed by atoms with Crippen molar-refractivity contribution in [2.24, 2.45) is 0 Å². The third kappa shape index (κ3) is 55.2. The fourth-order valence-corrected chi connectivity index (χ4v) is 7.57. The van der Waals surface area contributed by atoms with Gasteiger partial charge in [-0.25, -0.2) is 0 Å². The lowest BCUT2D eigenvalue weighted by Gasteiger charge is -2.18. The molecule has 0 aliphatic carbocycles. The number of ether oxygens (including phenoxy) is 3. The molecule has 0 rings (SSSR count). The molecule has 0 radical (unpaired) electrons. The zero-order valence-corrected chi connectivity index (χ0v) is 44.6. The van der Waals surface area contributed by atoms with E-state index < -0.39 is 6.10 Å². The van der Waals surface area contributed by atoms with Crippen LogP contribution in [0.2, 0.25) is 0 Å². The number of hydrogen-bond acceptors (Lipinski definition) is 5. The number of esters is 2. The second-order valence-electron chi connectivity index (χ2n) is 18.4. The highest BCUT2D eigenvalue weighted by molar-refractivity contribution is 5.70. The Hall–Kier alpha value is -3.44. The summed E-state index contributed by atoms with van der Waals surface area (Å²) >= 11 is 0. The molecule has 0 aliphatic heterocycles. The number of hydrogen-bond donors (Lipinski definition) is 0. The summed E-state index contributed by atoms with van der Waals surface area (Å²) in [5.41, 5.74) is 0. The van der Waals surface area contributed by atoms with Crippen molar-refractivity contribution in [3.63, 3.8) is 0 Å². The predicted molar refractivity (Wildman–Crippen MR) is 297 cm³/mol. The maximum atomic E-state index is 12.8. The van der Waals surface area contributed by atoms with Crippen molar-refractivity contribution < 1.29 is 23.8 Å². The summed E-state index contributed by atoms with van der Waals surface area (Å²) in [5, 5.41) is 0. The van der Waals surface area contributed by atoms with Crippen LogP contribution in [-0.2, 0) is 23.8 Å². The second kappa shape index (κ2) is 57.9. The summed E-state index contributed by atoms with van der Waals surface area (Å²) in [4.78, 5) is 25.4. The van der Waals surface area contributed by atoms with Gasteiger partial charge in [-0.2, -0.15) is 0 Å². The van der Waals surface area contributed by atoms with Crippen LogP contribution in [0.3, 0.4) is 0 Å². The Morgan fingerprint density at radius 1 is 0.338 bits per heavy atom. The maximum Gasteiger partial charge on any atom is 0.306 e. The molecule has 68 heavy (non-hydrogen) atoms. The topological polar surface area (TPSA) is 61.8 Å². The lowest BCUT2D eigenvalue weighted by atomic mass is 10.1. The molecule has 0 aliphatic rings. The summed E-state index contributed by atoms with van der Waals surface area (Å²) in [6.07, 6.45) is 79.8. The molecule has 388 valence electrons. The van der Waals surface area contributed by atoms with E-state index in [2.05, 4.69) is 124 Å². The van der Waals surface area contributed by atoms with Crippen LogP contribution in [0.25, 0.3) is 0 Å². The van der Waals surface area contributed by atoms with Gasteiger partial charge in [0.2, 0.25) is 0 Å². The molecule has 0 heterocycles. The zero-order chi connectivity index (χ0) is 49.2. The number of rotatable bonds is 51. The van der Waals surface area contributed by atoms with E-state index in [0.29, 0.717) is 25.9 Å². The van der Waals surface area contributed by atoms with Crippen molar-refractivity contribution in [3.05, 3.63) is 109 Å². The molecule has 0 amide bonds. The first-order valence-corrected chi connectivity index (χ1v) is 28.4. The molecule has 1 atom stereocenters. The predicted octanol–water partition coefficient (Wildman–Crippen LogP) is 19.6. The highest BCUT2D eigenvalue weighted by atomic mass is 16.6. The molecule has 0 spiro atoms. The van der Waals surface area contributed by atoms with Crippen molar-refractivity contribution >= 4 is 11.9 Å². The van der Waals surface area contributed by atoms with Gasteiger partial charge in [-0.15, -0.1) is 0 Å². The maximum absolute atomic E-state index is 12.8. The molecule has 0 aromatic heterocycles. The molecule has 0 fully saturated rings. The van der Waals surface area contributed by atoms with Gasteiger partial charge in [0.15, 0.2) is 6.10 Å². The van der Waals surface area contributed by atoms with Crippen LogP contribution in [0.5, 0.6) is 0 Å². The third-order valence-corrected chi connectivity index (χ3v) is 11.8. The van der Waals surface area contributed by atoms with Gasteiger partial charge >= 0.3 is 11.9 Å². The van der Waals surface area contributed by atoms with Gasteiger partial charge in [0.1, 0.15) is 6.61 Å². The quantitative estimate of drug-likeness (QED) is 0.0345. The van der Waals surface area contributed by atoms with E-state index >= 15 is 0 Å². The van der Waals surface area contributed by atoms with E-state index in [0.717, 1.165) is 89.9 Å². The highest BCUT2D eigenvalue weighted by Crippen LogP contribution is 2.14. The van der Waals surface area contributed by atoms with Crippen molar-refractivity contribution in [2.75, 3.05) is 19.8 Å². The summed E-state index contributed by atoms with van der Waals surface area (Å²) in [5.74, 6) is -0.512. The van der Waals surface area contributed by atoms with Crippen molar-refractivity contribution in [1.29, 1.82) is 0 Å². The van der Waals surface area contributed by atoms with Crippen LogP contribution in [0.1, 0.15) is 252 Å². The van der Waals surface area contributed by atoms with Crippen LogP contribution in [0, 0.1) is 0 Å². The first kappa shape index (κ1) is 64.6. The average molecular weight is 944 g/mol. The number of carbonyl (C=O) groups is 2. The molecule has 5 nitrogen and oxygen atoms in total. The molecule has 5 heteroatoms. The first-order chi connectivity index (χ1) is 33.6. The van der Waals surface area contributed by atoms with Crippen LogP contribution in [-0.4, -0.2) is 37.9 Å². The number of allylic oxidation sites excluding steroid dienone is 18. The van der Waals surface area contributed by atoms with Gasteiger partial charge < -0.3 is 14.2 Å². The molecule has 0 saturated carbocycles. The minimum Gasteiger partial charge on any atom is -0.462 e. The summed E-state index contributed by atoms with van der Waals surface area (Å²) in [6.45, 7) is 7.56. The van der Waals surface area contributed by atoms with Crippen LogP contribution in [0.4, 0.5) is 0 Å². The molecule has 1 unspecified atom stereocenters. The molecular weight excluding hydrogens is 837 g/mol. The van der Waals surface area contributed by atoms with Crippen LogP contribution < -0.4 is 0 Å². The summed E-state index contributed by atoms with van der Waals surface area (Å²) in [6, 6.07) is 0. The fourth-order valence-electron chi connectivity index (χ4n) is 7.57. The smallest absolute Gasteiger partial charge is 0.306 e. The normalized spacial score (nSPS) is 13.0. The molecule has 0 N–H and O–H groups in total. The lowest BCUT2D eigenvalue weighted by molar-refractivity contribution is -0.162. The molecule has 0 saturated heterocycles. The molecule has 0 aromatic carbocycles. The fraction of sp³-hybridized carbons (Fsp3) is 0.683. The largest absolute Gasteiger partial charge is 0.462 e. The molecule has 0 bridgehead atoms. The Morgan fingerprint density at radius 3 is 1.19 bits per heavy atom. The minimum atomic E-state index is -0.581. The Bertz CT molecular complexity index is 1340. The van der Waals surface area contributed by atoms with Crippen molar-refractivity contribution in [3.8, 4) is 0 Å². The van der Waals surface area contributed by atoms with E-state index in [1.54, 1.807) is 0 Å². The van der Waals surface area contributed by atoms with Crippen molar-refractivity contribution in [1.82, 2.24) is 0 Å². The third-order valence-electron chi connectivity index (χ3n) is 11.8. The Balaban J connectivity index is 4.37. The summed E-state index contributed by atoms with van der Waals surface area (Å²) in [7, 11) is 0. The van der Waals surface area contributed by atoms with Gasteiger partial charge in [-0.3, -0.25) is 9.59 Å². The van der Waals surface area contributed by atoms with Gasteiger partial charge in [0.05, 0.1) is 6.61 Å². The monoisotopic (exact) mass is 943 g/mol. The Kier molecular flexibility index (Phi) is 54.9.